The van der Waals surface area contributed by atoms with Gasteiger partial charge in [0.05, 0.1) is 0 Å². The van der Waals surface area contributed by atoms with Crippen LogP contribution in [0.5, 0.6) is 0 Å². The summed E-state index contributed by atoms with van der Waals surface area (Å²) in [4.78, 5) is 21.1. The average Bonchev–Trinajstić information content (AvgIpc) is 3.34. The van der Waals surface area contributed by atoms with Crippen molar-refractivity contribution in [2.24, 2.45) is 11.8 Å². The normalized spacial score (nSPS) is 22.5. The molecule has 0 unspecified atom stereocenters. The van der Waals surface area contributed by atoms with Crippen LogP contribution in [0.4, 0.5) is 0 Å². The Labute approximate surface area is 150 Å². The summed E-state index contributed by atoms with van der Waals surface area (Å²) in [5.74, 6) is 1.65. The second-order valence-corrected chi connectivity index (χ2v) is 8.13. The van der Waals surface area contributed by atoms with Crippen molar-refractivity contribution in [3.63, 3.8) is 0 Å². The molecule has 1 aromatic carbocycles. The van der Waals surface area contributed by atoms with Gasteiger partial charge in [0.15, 0.2) is 0 Å². The minimum Gasteiger partial charge on any atom is -0.361 e. The second kappa shape index (κ2) is 6.83. The number of benzene rings is 1. The van der Waals surface area contributed by atoms with Crippen molar-refractivity contribution < 1.29 is 4.79 Å². The summed E-state index contributed by atoms with van der Waals surface area (Å²) < 4.78 is 0. The zero-order chi connectivity index (χ0) is 17.4. The molecule has 1 aliphatic heterocycles. The first kappa shape index (κ1) is 16.6. The van der Waals surface area contributed by atoms with E-state index >= 15 is 0 Å². The van der Waals surface area contributed by atoms with E-state index in [9.17, 15) is 4.79 Å². The summed E-state index contributed by atoms with van der Waals surface area (Å²) in [6.07, 6.45) is 5.78. The number of rotatable bonds is 4. The van der Waals surface area contributed by atoms with Crippen LogP contribution in [0.25, 0.3) is 10.9 Å². The number of carbonyl (C=O) groups is 1. The molecule has 4 rings (SSSR count). The molecule has 1 atom stereocenters. The Bertz CT molecular complexity index is 746. The number of aromatic nitrogens is 1. The van der Waals surface area contributed by atoms with Gasteiger partial charge in [-0.15, -0.1) is 0 Å². The zero-order valence-corrected chi connectivity index (χ0v) is 15.4. The van der Waals surface area contributed by atoms with Crippen molar-refractivity contribution in [2.45, 2.75) is 39.2 Å². The van der Waals surface area contributed by atoms with Crippen LogP contribution in [0.15, 0.2) is 30.5 Å². The molecule has 0 spiro atoms. The van der Waals surface area contributed by atoms with E-state index < -0.39 is 0 Å². The second-order valence-electron chi connectivity index (χ2n) is 8.13. The van der Waals surface area contributed by atoms with E-state index in [0.29, 0.717) is 12.0 Å². The lowest BCUT2D eigenvalue weighted by Gasteiger charge is -2.34. The number of amides is 1. The lowest BCUT2D eigenvalue weighted by Crippen LogP contribution is -2.46. The summed E-state index contributed by atoms with van der Waals surface area (Å²) >= 11 is 0. The summed E-state index contributed by atoms with van der Waals surface area (Å²) in [6, 6.07) is 8.52. The number of hydrogen-bond acceptors (Lipinski definition) is 2. The largest absolute Gasteiger partial charge is 0.361 e. The molecule has 0 radical (unpaired) electrons. The molecular weight excluding hydrogens is 310 g/mol. The third-order valence-electron chi connectivity index (χ3n) is 5.80. The number of aromatic amines is 1. The number of hydrogen-bond donors (Lipinski definition) is 1. The van der Waals surface area contributed by atoms with Gasteiger partial charge in [-0.1, -0.05) is 19.9 Å². The molecule has 2 aliphatic rings. The molecular formula is C21H29N3O. The van der Waals surface area contributed by atoms with E-state index in [0.717, 1.165) is 48.4 Å². The van der Waals surface area contributed by atoms with Gasteiger partial charge in [-0.05, 0) is 54.7 Å². The first-order valence-corrected chi connectivity index (χ1v) is 9.72. The van der Waals surface area contributed by atoms with Gasteiger partial charge in [-0.3, -0.25) is 9.69 Å². The van der Waals surface area contributed by atoms with Gasteiger partial charge in [-0.2, -0.15) is 0 Å². The molecule has 2 heterocycles. The van der Waals surface area contributed by atoms with Crippen molar-refractivity contribution in [2.75, 3.05) is 26.2 Å². The van der Waals surface area contributed by atoms with E-state index in [1.165, 1.54) is 19.4 Å². The fourth-order valence-corrected chi connectivity index (χ4v) is 4.10. The van der Waals surface area contributed by atoms with E-state index in [-0.39, 0.29) is 5.91 Å². The van der Waals surface area contributed by atoms with E-state index in [4.69, 9.17) is 0 Å². The van der Waals surface area contributed by atoms with Crippen LogP contribution in [0, 0.1) is 11.8 Å². The van der Waals surface area contributed by atoms with Gasteiger partial charge in [0.25, 0.3) is 5.91 Å². The van der Waals surface area contributed by atoms with Gasteiger partial charge >= 0.3 is 0 Å². The molecule has 1 amide bonds. The quantitative estimate of drug-likeness (QED) is 0.921. The molecule has 1 aromatic heterocycles. The number of fused-ring (bicyclic) bond motifs is 1. The Hall–Kier alpha value is -1.81. The molecule has 2 fully saturated rings. The van der Waals surface area contributed by atoms with Crippen molar-refractivity contribution in [3.05, 3.63) is 36.0 Å². The molecule has 1 aliphatic carbocycles. The minimum atomic E-state index is 0.176. The third-order valence-corrected chi connectivity index (χ3v) is 5.80. The summed E-state index contributed by atoms with van der Waals surface area (Å²) in [5.41, 5.74) is 1.84. The average molecular weight is 339 g/mol. The van der Waals surface area contributed by atoms with Crippen LogP contribution in [-0.2, 0) is 0 Å². The highest BCUT2D eigenvalue weighted by atomic mass is 16.2. The monoisotopic (exact) mass is 339 g/mol. The molecule has 25 heavy (non-hydrogen) atoms. The van der Waals surface area contributed by atoms with Crippen LogP contribution in [0.2, 0.25) is 0 Å². The standard InChI is InChI=1S/C21H29N3O/c1-15(2)20-14-24(11-3-10-23(20)13-16-4-5-16)21(25)18-7-6-17-8-9-22-19(17)12-18/h6-9,12,15-16,20,22H,3-5,10-11,13-14H2,1-2H3/t20-/m0/s1. The van der Waals surface area contributed by atoms with Crippen LogP contribution < -0.4 is 0 Å². The molecule has 134 valence electrons. The predicted octanol–water partition coefficient (Wildman–Crippen LogP) is 3.75. The lowest BCUT2D eigenvalue weighted by atomic mass is 10.0. The molecule has 2 aromatic rings. The number of H-pyrrole nitrogens is 1. The molecule has 4 heteroatoms. The fraction of sp³-hybridized carbons (Fsp3) is 0.571. The van der Waals surface area contributed by atoms with Crippen LogP contribution in [0.3, 0.4) is 0 Å². The Morgan fingerprint density at radius 3 is 2.84 bits per heavy atom. The van der Waals surface area contributed by atoms with Gasteiger partial charge in [0, 0.05) is 49.5 Å². The Balaban J connectivity index is 1.52. The smallest absolute Gasteiger partial charge is 0.253 e. The maximum atomic E-state index is 13.1. The van der Waals surface area contributed by atoms with Gasteiger partial charge in [0.1, 0.15) is 0 Å². The van der Waals surface area contributed by atoms with Gasteiger partial charge in [-0.25, -0.2) is 0 Å². The highest BCUT2D eigenvalue weighted by Gasteiger charge is 2.33. The summed E-state index contributed by atoms with van der Waals surface area (Å²) in [6.45, 7) is 8.66. The number of nitrogens with one attached hydrogen (secondary N) is 1. The zero-order valence-electron chi connectivity index (χ0n) is 15.4. The maximum Gasteiger partial charge on any atom is 0.253 e. The Morgan fingerprint density at radius 2 is 2.08 bits per heavy atom. The molecule has 1 saturated carbocycles. The Morgan fingerprint density at radius 1 is 1.24 bits per heavy atom. The van der Waals surface area contributed by atoms with E-state index in [1.807, 2.05) is 30.5 Å². The lowest BCUT2D eigenvalue weighted by molar-refractivity contribution is 0.0704. The minimum absolute atomic E-state index is 0.176. The predicted molar refractivity (Wildman–Crippen MR) is 102 cm³/mol. The van der Waals surface area contributed by atoms with Crippen molar-refractivity contribution in [3.8, 4) is 0 Å². The van der Waals surface area contributed by atoms with Crippen LogP contribution in [0.1, 0.15) is 43.5 Å². The topological polar surface area (TPSA) is 39.3 Å². The Kier molecular flexibility index (Phi) is 4.55. The molecule has 1 N–H and O–H groups in total. The van der Waals surface area contributed by atoms with Crippen LogP contribution in [-0.4, -0.2) is 52.9 Å². The van der Waals surface area contributed by atoms with Crippen molar-refractivity contribution in [1.29, 1.82) is 0 Å². The van der Waals surface area contributed by atoms with E-state index in [1.54, 1.807) is 0 Å². The third kappa shape index (κ3) is 3.59. The molecule has 0 bridgehead atoms. The first-order chi connectivity index (χ1) is 12.1. The SMILES string of the molecule is CC(C)[C@@H]1CN(C(=O)c2ccc3cc[nH]c3c2)CCCN1CC1CC1. The highest BCUT2D eigenvalue weighted by Crippen LogP contribution is 2.32. The first-order valence-electron chi connectivity index (χ1n) is 9.72. The van der Waals surface area contributed by atoms with Crippen molar-refractivity contribution >= 4 is 16.8 Å². The molecule has 4 nitrogen and oxygen atoms in total. The fourth-order valence-electron chi connectivity index (χ4n) is 4.10. The molecule has 1 saturated heterocycles. The number of nitrogens with zero attached hydrogens (tertiary/aromatic N) is 2. The van der Waals surface area contributed by atoms with Crippen LogP contribution >= 0.6 is 0 Å². The van der Waals surface area contributed by atoms with Crippen molar-refractivity contribution in [1.82, 2.24) is 14.8 Å². The van der Waals surface area contributed by atoms with E-state index in [2.05, 4.69) is 28.6 Å². The summed E-state index contributed by atoms with van der Waals surface area (Å²) in [7, 11) is 0. The van der Waals surface area contributed by atoms with Gasteiger partial charge in [0.2, 0.25) is 0 Å². The number of carbonyl (C=O) groups excluding carboxylic acids is 1. The maximum absolute atomic E-state index is 13.1. The van der Waals surface area contributed by atoms with Gasteiger partial charge < -0.3 is 9.88 Å². The highest BCUT2D eigenvalue weighted by molar-refractivity contribution is 5.98. The summed E-state index contributed by atoms with van der Waals surface area (Å²) in [5, 5.41) is 1.16.